The molecule has 8 heteroatoms. The van der Waals surface area contributed by atoms with Crippen molar-refractivity contribution in [2.24, 2.45) is 0 Å². The summed E-state index contributed by atoms with van der Waals surface area (Å²) in [7, 11) is -1.12. The van der Waals surface area contributed by atoms with Crippen LogP contribution in [0.15, 0.2) is 23.1 Å². The number of likely N-dealkylation sites (N-methyl/N-ethyl adjacent to an activating group) is 1. The molecule has 0 bridgehead atoms. The second kappa shape index (κ2) is 8.87. The van der Waals surface area contributed by atoms with Gasteiger partial charge in [-0.3, -0.25) is 4.79 Å². The van der Waals surface area contributed by atoms with Crippen LogP contribution in [0.3, 0.4) is 0 Å². The van der Waals surface area contributed by atoms with Crippen LogP contribution in [-0.4, -0.2) is 45.4 Å². The van der Waals surface area contributed by atoms with Gasteiger partial charge in [-0.15, -0.1) is 0 Å². The number of hydrogen-bond donors (Lipinski definition) is 1. The molecular formula is C17H25ClN2O4S. The van der Waals surface area contributed by atoms with Gasteiger partial charge < -0.3 is 10.1 Å². The molecule has 0 atom stereocenters. The quantitative estimate of drug-likeness (QED) is 0.760. The predicted molar refractivity (Wildman–Crippen MR) is 97.5 cm³/mol. The first kappa shape index (κ1) is 20.0. The van der Waals surface area contributed by atoms with Crippen molar-refractivity contribution in [2.45, 2.75) is 49.5 Å². The number of halogens is 1. The van der Waals surface area contributed by atoms with E-state index in [0.29, 0.717) is 0 Å². The monoisotopic (exact) mass is 388 g/mol. The fraction of sp³-hybridized carbons (Fsp3) is 0.588. The Bertz CT molecular complexity index is 701. The Morgan fingerprint density at radius 2 is 1.92 bits per heavy atom. The zero-order valence-electron chi connectivity index (χ0n) is 14.6. The lowest BCUT2D eigenvalue weighted by Crippen LogP contribution is -2.42. The first-order chi connectivity index (χ1) is 11.8. The molecule has 0 radical (unpaired) electrons. The van der Waals surface area contributed by atoms with Crippen molar-refractivity contribution in [1.29, 1.82) is 0 Å². The summed E-state index contributed by atoms with van der Waals surface area (Å²) < 4.78 is 31.6. The summed E-state index contributed by atoms with van der Waals surface area (Å²) >= 11 is 5.92. The Labute approximate surface area is 154 Å². The van der Waals surface area contributed by atoms with E-state index < -0.39 is 10.0 Å². The Hall–Kier alpha value is -1.31. The summed E-state index contributed by atoms with van der Waals surface area (Å²) in [6.45, 7) is -0.242. The Kier molecular flexibility index (Phi) is 7.10. The molecule has 1 saturated carbocycles. The highest BCUT2D eigenvalue weighted by molar-refractivity contribution is 7.89. The van der Waals surface area contributed by atoms with E-state index in [1.807, 2.05) is 0 Å². The van der Waals surface area contributed by atoms with Crippen LogP contribution >= 0.6 is 11.6 Å². The molecule has 0 saturated heterocycles. The summed E-state index contributed by atoms with van der Waals surface area (Å²) in [6.07, 6.45) is 6.47. The van der Waals surface area contributed by atoms with Crippen molar-refractivity contribution in [3.8, 4) is 5.75 Å². The van der Waals surface area contributed by atoms with Crippen molar-refractivity contribution in [3.63, 3.8) is 0 Å². The topological polar surface area (TPSA) is 75.7 Å². The van der Waals surface area contributed by atoms with E-state index >= 15 is 0 Å². The number of nitrogens with one attached hydrogen (secondary N) is 1. The van der Waals surface area contributed by atoms with Gasteiger partial charge in [-0.1, -0.05) is 37.3 Å². The fourth-order valence-corrected chi connectivity index (χ4v) is 4.55. The van der Waals surface area contributed by atoms with Gasteiger partial charge in [-0.05, 0) is 31.0 Å². The van der Waals surface area contributed by atoms with Crippen molar-refractivity contribution in [1.82, 2.24) is 9.62 Å². The van der Waals surface area contributed by atoms with E-state index in [-0.39, 0.29) is 34.2 Å². The number of rotatable bonds is 6. The highest BCUT2D eigenvalue weighted by Gasteiger charge is 2.27. The molecule has 6 nitrogen and oxygen atoms in total. The molecule has 140 valence electrons. The zero-order valence-corrected chi connectivity index (χ0v) is 16.2. The molecule has 1 fully saturated rings. The molecule has 2 rings (SSSR count). The third kappa shape index (κ3) is 5.33. The lowest BCUT2D eigenvalue weighted by molar-refractivity contribution is -0.121. The Morgan fingerprint density at radius 1 is 1.28 bits per heavy atom. The van der Waals surface area contributed by atoms with Gasteiger partial charge >= 0.3 is 0 Å². The van der Waals surface area contributed by atoms with Crippen molar-refractivity contribution >= 4 is 27.5 Å². The van der Waals surface area contributed by atoms with E-state index in [1.54, 1.807) is 6.07 Å². The summed E-state index contributed by atoms with van der Waals surface area (Å²) in [5.41, 5.74) is 0. The minimum absolute atomic E-state index is 0.0488. The average Bonchev–Trinajstić information content (AvgIpc) is 2.83. The molecule has 0 unspecified atom stereocenters. The molecule has 1 N–H and O–H groups in total. The van der Waals surface area contributed by atoms with Gasteiger partial charge in [0, 0.05) is 18.1 Å². The number of hydrogen-bond acceptors (Lipinski definition) is 4. The van der Waals surface area contributed by atoms with Crippen molar-refractivity contribution in [3.05, 3.63) is 23.2 Å². The van der Waals surface area contributed by atoms with E-state index in [1.165, 1.54) is 39.1 Å². The molecule has 0 spiro atoms. The second-order valence-corrected chi connectivity index (χ2v) is 8.76. The molecule has 1 aromatic rings. The Morgan fingerprint density at radius 3 is 2.52 bits per heavy atom. The Balaban J connectivity index is 2.06. The number of carbonyl (C=O) groups excluding carboxylic acids is 1. The van der Waals surface area contributed by atoms with Crippen LogP contribution in [0.2, 0.25) is 5.02 Å². The van der Waals surface area contributed by atoms with Crippen molar-refractivity contribution in [2.75, 3.05) is 20.7 Å². The minimum Gasteiger partial charge on any atom is -0.495 e. The van der Waals surface area contributed by atoms with Gasteiger partial charge in [0.25, 0.3) is 0 Å². The number of amides is 1. The predicted octanol–water partition coefficient (Wildman–Crippen LogP) is 2.81. The maximum Gasteiger partial charge on any atom is 0.247 e. The molecule has 1 aliphatic carbocycles. The molecule has 0 aliphatic heterocycles. The number of methoxy groups -OCH3 is 1. The first-order valence-electron chi connectivity index (χ1n) is 8.44. The summed E-state index contributed by atoms with van der Waals surface area (Å²) in [4.78, 5) is 12.2. The second-order valence-electron chi connectivity index (χ2n) is 6.31. The van der Waals surface area contributed by atoms with Crippen LogP contribution in [0.1, 0.15) is 38.5 Å². The van der Waals surface area contributed by atoms with Gasteiger partial charge in [0.05, 0.1) is 13.7 Å². The first-order valence-corrected chi connectivity index (χ1v) is 10.3. The van der Waals surface area contributed by atoms with E-state index in [0.717, 1.165) is 30.0 Å². The standard InChI is InChI=1S/C17H25ClN2O4S/c1-20(12-17(21)19-14-7-5-3-4-6-8-14)25(22,23)16-11-13(18)9-10-15(16)24-2/h9-11,14H,3-8,12H2,1-2H3,(H,19,21). The van der Waals surface area contributed by atoms with E-state index in [4.69, 9.17) is 16.3 Å². The minimum atomic E-state index is -3.88. The third-order valence-corrected chi connectivity index (χ3v) is 6.46. The lowest BCUT2D eigenvalue weighted by atomic mass is 10.1. The highest BCUT2D eigenvalue weighted by atomic mass is 35.5. The summed E-state index contributed by atoms with van der Waals surface area (Å²) in [5, 5.41) is 3.24. The maximum atomic E-state index is 12.8. The van der Waals surface area contributed by atoms with Crippen LogP contribution < -0.4 is 10.1 Å². The van der Waals surface area contributed by atoms with Crippen LogP contribution in [-0.2, 0) is 14.8 Å². The smallest absolute Gasteiger partial charge is 0.247 e. The number of carbonyl (C=O) groups is 1. The van der Waals surface area contributed by atoms with E-state index in [9.17, 15) is 13.2 Å². The van der Waals surface area contributed by atoms with Crippen LogP contribution in [0, 0.1) is 0 Å². The van der Waals surface area contributed by atoms with E-state index in [2.05, 4.69) is 5.32 Å². The van der Waals surface area contributed by atoms with Gasteiger partial charge in [-0.25, -0.2) is 8.42 Å². The average molecular weight is 389 g/mol. The van der Waals surface area contributed by atoms with Crippen LogP contribution in [0.5, 0.6) is 5.75 Å². The molecule has 1 aromatic carbocycles. The lowest BCUT2D eigenvalue weighted by Gasteiger charge is -2.21. The van der Waals surface area contributed by atoms with Gasteiger partial charge in [-0.2, -0.15) is 4.31 Å². The molecule has 1 amide bonds. The molecule has 1 aliphatic rings. The van der Waals surface area contributed by atoms with Gasteiger partial charge in [0.2, 0.25) is 15.9 Å². The normalized spacial score (nSPS) is 16.5. The SMILES string of the molecule is COc1ccc(Cl)cc1S(=O)(=O)N(C)CC(=O)NC1CCCCCC1. The fourth-order valence-electron chi connectivity index (χ4n) is 3.00. The summed E-state index contributed by atoms with van der Waals surface area (Å²) in [6, 6.07) is 4.51. The summed E-state index contributed by atoms with van der Waals surface area (Å²) in [5.74, 6) is -0.0978. The zero-order chi connectivity index (χ0) is 18.4. The molecular weight excluding hydrogens is 364 g/mol. The maximum absolute atomic E-state index is 12.8. The molecule has 0 heterocycles. The molecule has 25 heavy (non-hydrogen) atoms. The highest BCUT2D eigenvalue weighted by Crippen LogP contribution is 2.29. The largest absolute Gasteiger partial charge is 0.495 e. The van der Waals surface area contributed by atoms with Crippen LogP contribution in [0.4, 0.5) is 0 Å². The van der Waals surface area contributed by atoms with Gasteiger partial charge in [0.15, 0.2) is 0 Å². The number of sulfonamides is 1. The number of ether oxygens (including phenoxy) is 1. The molecule has 0 aromatic heterocycles. The van der Waals surface area contributed by atoms with Crippen LogP contribution in [0.25, 0.3) is 0 Å². The number of benzene rings is 1. The van der Waals surface area contributed by atoms with Gasteiger partial charge in [0.1, 0.15) is 10.6 Å². The number of nitrogens with zero attached hydrogens (tertiary/aromatic N) is 1. The third-order valence-electron chi connectivity index (χ3n) is 4.40. The van der Waals surface area contributed by atoms with Crippen molar-refractivity contribution < 1.29 is 17.9 Å².